The van der Waals surface area contributed by atoms with Gasteiger partial charge in [-0.1, -0.05) is 35.1 Å². The fourth-order valence-electron chi connectivity index (χ4n) is 3.02. The number of ether oxygens (including phenoxy) is 1. The van der Waals surface area contributed by atoms with Gasteiger partial charge >= 0.3 is 0 Å². The number of nitrogens with zero attached hydrogens (tertiary/aromatic N) is 2. The third kappa shape index (κ3) is 3.81. The summed E-state index contributed by atoms with van der Waals surface area (Å²) >= 11 is 7.64. The smallest absolute Gasteiger partial charge is 0.210 e. The largest absolute Gasteiger partial charge is 0.497 e. The van der Waals surface area contributed by atoms with Gasteiger partial charge in [-0.2, -0.15) is 0 Å². The molecule has 2 heterocycles. The first-order chi connectivity index (χ1) is 14.0. The molecule has 0 saturated carbocycles. The van der Waals surface area contributed by atoms with Crippen molar-refractivity contribution in [2.75, 3.05) is 7.11 Å². The molecule has 0 N–H and O–H groups in total. The quantitative estimate of drug-likeness (QED) is 0.379. The molecule has 0 fully saturated rings. The zero-order chi connectivity index (χ0) is 20.5. The van der Waals surface area contributed by atoms with Crippen molar-refractivity contribution in [3.8, 4) is 17.1 Å². The Morgan fingerprint density at radius 2 is 2.00 bits per heavy atom. The standard InChI is InChI=1S/C22H17ClN2O3S/c1-12-21(13(2)26)29-22(24-12)25-18-11-20(15-6-4-5-7-17(15)23)28-19-9-8-14(27-3)10-16(18)19/h4-11H,1-3H3/b25-18+. The summed E-state index contributed by atoms with van der Waals surface area (Å²) in [5, 5.41) is 2.52. The molecule has 0 aliphatic carbocycles. The van der Waals surface area contributed by atoms with Crippen LogP contribution in [0.1, 0.15) is 22.3 Å². The van der Waals surface area contributed by atoms with E-state index in [1.54, 1.807) is 7.11 Å². The van der Waals surface area contributed by atoms with Crippen molar-refractivity contribution in [2.24, 2.45) is 4.99 Å². The van der Waals surface area contributed by atoms with Gasteiger partial charge in [0, 0.05) is 23.9 Å². The number of hydrogen-bond donors (Lipinski definition) is 0. The molecule has 146 valence electrons. The van der Waals surface area contributed by atoms with Gasteiger partial charge in [0.1, 0.15) is 17.1 Å². The maximum atomic E-state index is 11.8. The van der Waals surface area contributed by atoms with Crippen molar-refractivity contribution in [1.82, 2.24) is 4.98 Å². The van der Waals surface area contributed by atoms with Crippen LogP contribution < -0.4 is 10.1 Å². The van der Waals surface area contributed by atoms with Crippen LogP contribution in [0.15, 0.2) is 57.9 Å². The summed E-state index contributed by atoms with van der Waals surface area (Å²) in [4.78, 5) is 21.6. The molecule has 4 rings (SSSR count). The number of Topliss-reactive ketones (excluding diaryl/α,β-unsaturated/α-hetero) is 1. The van der Waals surface area contributed by atoms with Gasteiger partial charge in [-0.3, -0.25) is 4.79 Å². The van der Waals surface area contributed by atoms with Crippen molar-refractivity contribution in [3.63, 3.8) is 0 Å². The van der Waals surface area contributed by atoms with Crippen LogP contribution in [0.25, 0.3) is 22.3 Å². The van der Waals surface area contributed by atoms with E-state index in [1.807, 2.05) is 55.5 Å². The molecular formula is C22H17ClN2O3S. The summed E-state index contributed by atoms with van der Waals surface area (Å²) in [7, 11) is 1.61. The molecule has 2 aromatic heterocycles. The lowest BCUT2D eigenvalue weighted by Gasteiger charge is -2.07. The highest BCUT2D eigenvalue weighted by Crippen LogP contribution is 2.30. The van der Waals surface area contributed by atoms with Crippen LogP contribution in [0.4, 0.5) is 5.13 Å². The van der Waals surface area contributed by atoms with E-state index in [2.05, 4.69) is 4.98 Å². The summed E-state index contributed by atoms with van der Waals surface area (Å²) in [5.74, 6) is 1.26. The third-order valence-corrected chi connectivity index (χ3v) is 5.89. The maximum Gasteiger partial charge on any atom is 0.210 e. The van der Waals surface area contributed by atoms with Crippen molar-refractivity contribution >= 4 is 44.8 Å². The van der Waals surface area contributed by atoms with Crippen molar-refractivity contribution in [2.45, 2.75) is 13.8 Å². The average Bonchev–Trinajstić information content (AvgIpc) is 3.08. The number of fused-ring (bicyclic) bond motifs is 1. The minimum Gasteiger partial charge on any atom is -0.497 e. The monoisotopic (exact) mass is 424 g/mol. The zero-order valence-electron chi connectivity index (χ0n) is 16.0. The van der Waals surface area contributed by atoms with Gasteiger partial charge in [0.15, 0.2) is 5.78 Å². The van der Waals surface area contributed by atoms with E-state index in [-0.39, 0.29) is 5.78 Å². The van der Waals surface area contributed by atoms with Crippen LogP contribution in [0.2, 0.25) is 5.02 Å². The molecule has 0 bridgehead atoms. The lowest BCUT2D eigenvalue weighted by molar-refractivity contribution is 0.102. The van der Waals surface area contributed by atoms with Gasteiger partial charge in [0.2, 0.25) is 5.13 Å². The number of ketones is 1. The van der Waals surface area contributed by atoms with Crippen LogP contribution >= 0.6 is 22.9 Å². The van der Waals surface area contributed by atoms with Gasteiger partial charge in [0.25, 0.3) is 0 Å². The molecule has 0 amide bonds. The van der Waals surface area contributed by atoms with Gasteiger partial charge in [-0.15, -0.1) is 0 Å². The molecule has 0 radical (unpaired) electrons. The Kier molecular flexibility index (Phi) is 5.22. The molecule has 0 saturated heterocycles. The Morgan fingerprint density at radius 3 is 2.69 bits per heavy atom. The van der Waals surface area contributed by atoms with E-state index in [0.29, 0.717) is 43.2 Å². The van der Waals surface area contributed by atoms with Crippen LogP contribution in [0.3, 0.4) is 0 Å². The zero-order valence-corrected chi connectivity index (χ0v) is 17.6. The van der Waals surface area contributed by atoms with Gasteiger partial charge in [-0.25, -0.2) is 9.98 Å². The molecule has 7 heteroatoms. The highest BCUT2D eigenvalue weighted by Gasteiger charge is 2.13. The molecule has 0 aliphatic heterocycles. The first-order valence-electron chi connectivity index (χ1n) is 8.86. The Bertz CT molecular complexity index is 1310. The normalized spacial score (nSPS) is 11.8. The molecule has 5 nitrogen and oxygen atoms in total. The number of benzene rings is 2. The van der Waals surface area contributed by atoms with E-state index in [9.17, 15) is 4.79 Å². The number of halogens is 1. The van der Waals surface area contributed by atoms with Crippen LogP contribution in [0.5, 0.6) is 5.75 Å². The minimum absolute atomic E-state index is 0.0206. The van der Waals surface area contributed by atoms with E-state index in [0.717, 1.165) is 10.9 Å². The minimum atomic E-state index is -0.0206. The van der Waals surface area contributed by atoms with E-state index in [4.69, 9.17) is 25.7 Å². The Hall–Kier alpha value is -2.96. The summed E-state index contributed by atoms with van der Waals surface area (Å²) in [6.07, 6.45) is 0. The number of aryl methyl sites for hydroxylation is 1. The van der Waals surface area contributed by atoms with Crippen molar-refractivity contribution < 1.29 is 13.9 Å². The van der Waals surface area contributed by atoms with E-state index in [1.165, 1.54) is 18.3 Å². The highest BCUT2D eigenvalue weighted by molar-refractivity contribution is 7.17. The van der Waals surface area contributed by atoms with Crippen molar-refractivity contribution in [3.05, 3.63) is 69.5 Å². The average molecular weight is 425 g/mol. The first-order valence-corrected chi connectivity index (χ1v) is 10.1. The van der Waals surface area contributed by atoms with Gasteiger partial charge in [0.05, 0.1) is 28.1 Å². The summed E-state index contributed by atoms with van der Waals surface area (Å²) in [5.41, 5.74) is 2.08. The third-order valence-electron chi connectivity index (χ3n) is 4.41. The number of carbonyl (C=O) groups excluding carboxylic acids is 1. The summed E-state index contributed by atoms with van der Waals surface area (Å²) < 4.78 is 11.5. The molecule has 29 heavy (non-hydrogen) atoms. The number of carbonyl (C=O) groups is 1. The fourth-order valence-corrected chi connectivity index (χ4v) is 4.10. The topological polar surface area (TPSA) is 64.7 Å². The molecule has 0 spiro atoms. The second-order valence-electron chi connectivity index (χ2n) is 6.42. The lowest BCUT2D eigenvalue weighted by atomic mass is 10.1. The Labute approximate surface area is 176 Å². The molecule has 0 unspecified atom stereocenters. The maximum absolute atomic E-state index is 11.8. The van der Waals surface area contributed by atoms with Crippen LogP contribution in [0, 0.1) is 6.92 Å². The molecule has 4 aromatic rings. The Balaban J connectivity index is 2.01. The second kappa shape index (κ2) is 7.81. The van der Waals surface area contributed by atoms with Crippen molar-refractivity contribution in [1.29, 1.82) is 0 Å². The molecule has 0 atom stereocenters. The predicted octanol–water partition coefficient (Wildman–Crippen LogP) is 5.96. The van der Waals surface area contributed by atoms with Gasteiger partial charge in [-0.05, 0) is 37.3 Å². The highest BCUT2D eigenvalue weighted by atomic mass is 35.5. The number of aromatic nitrogens is 1. The SMILES string of the molecule is COc1ccc2oc(-c3ccccc3Cl)c/c(=N\c3nc(C)c(C(C)=O)s3)c2c1. The second-order valence-corrected chi connectivity index (χ2v) is 7.80. The number of hydrogen-bond acceptors (Lipinski definition) is 6. The van der Waals surface area contributed by atoms with Crippen LogP contribution in [-0.2, 0) is 0 Å². The van der Waals surface area contributed by atoms with Crippen LogP contribution in [-0.4, -0.2) is 17.9 Å². The van der Waals surface area contributed by atoms with E-state index < -0.39 is 0 Å². The fraction of sp³-hybridized carbons (Fsp3) is 0.136. The Morgan fingerprint density at radius 1 is 1.21 bits per heavy atom. The predicted molar refractivity (Wildman–Crippen MR) is 115 cm³/mol. The van der Waals surface area contributed by atoms with Gasteiger partial charge < -0.3 is 9.15 Å². The lowest BCUT2D eigenvalue weighted by Crippen LogP contribution is -2.03. The number of thiazole rings is 1. The number of methoxy groups -OCH3 is 1. The molecular weight excluding hydrogens is 408 g/mol. The first kappa shape index (κ1) is 19.4. The number of rotatable bonds is 4. The molecule has 2 aromatic carbocycles. The summed E-state index contributed by atoms with van der Waals surface area (Å²) in [6.45, 7) is 3.34. The summed E-state index contributed by atoms with van der Waals surface area (Å²) in [6, 6.07) is 14.8. The molecule has 0 aliphatic rings. The van der Waals surface area contributed by atoms with E-state index >= 15 is 0 Å².